The van der Waals surface area contributed by atoms with Gasteiger partial charge in [-0.15, -0.1) is 0 Å². The Balaban J connectivity index is 1.61. The molecule has 1 aromatic carbocycles. The van der Waals surface area contributed by atoms with Gasteiger partial charge in [0.25, 0.3) is 0 Å². The molecule has 1 N–H and O–H groups in total. The highest BCUT2D eigenvalue weighted by Gasteiger charge is 2.42. The number of aliphatic hydroxyl groups is 1. The SMILES string of the molecule is C=C1CC(CC(C)(O)C2COc3ccc4ccc(=O)oc4c3O2)OC1=O. The Morgan fingerprint density at radius 3 is 2.73 bits per heavy atom. The molecule has 2 aliphatic rings. The summed E-state index contributed by atoms with van der Waals surface area (Å²) in [5.41, 5.74) is -1.16. The van der Waals surface area contributed by atoms with Crippen molar-refractivity contribution in [1.82, 2.24) is 0 Å². The van der Waals surface area contributed by atoms with Crippen molar-refractivity contribution in [3.8, 4) is 11.5 Å². The molecule has 136 valence electrons. The smallest absolute Gasteiger partial charge is 0.336 e. The second-order valence-electron chi connectivity index (χ2n) is 6.88. The molecular weight excluding hydrogens is 340 g/mol. The van der Waals surface area contributed by atoms with E-state index in [1.807, 2.05) is 0 Å². The number of esters is 1. The molecule has 7 nitrogen and oxygen atoms in total. The van der Waals surface area contributed by atoms with E-state index in [9.17, 15) is 14.7 Å². The molecule has 4 rings (SSSR count). The number of rotatable bonds is 3. The van der Waals surface area contributed by atoms with Gasteiger partial charge in [-0.3, -0.25) is 0 Å². The highest BCUT2D eigenvalue weighted by atomic mass is 16.6. The van der Waals surface area contributed by atoms with Crippen molar-refractivity contribution < 1.29 is 28.5 Å². The number of cyclic esters (lactones) is 1. The molecule has 0 bridgehead atoms. The maximum Gasteiger partial charge on any atom is 0.336 e. The highest BCUT2D eigenvalue weighted by molar-refractivity contribution is 5.90. The lowest BCUT2D eigenvalue weighted by atomic mass is 9.90. The zero-order chi connectivity index (χ0) is 18.5. The molecule has 1 fully saturated rings. The summed E-state index contributed by atoms with van der Waals surface area (Å²) in [5, 5.41) is 11.6. The Bertz CT molecular complexity index is 940. The summed E-state index contributed by atoms with van der Waals surface area (Å²) < 4.78 is 22.1. The van der Waals surface area contributed by atoms with E-state index >= 15 is 0 Å². The molecule has 3 heterocycles. The highest BCUT2D eigenvalue weighted by Crippen LogP contribution is 2.41. The van der Waals surface area contributed by atoms with Crippen LogP contribution in [-0.4, -0.2) is 35.5 Å². The lowest BCUT2D eigenvalue weighted by Gasteiger charge is -2.37. The molecule has 3 atom stereocenters. The van der Waals surface area contributed by atoms with Crippen molar-refractivity contribution in [1.29, 1.82) is 0 Å². The average molecular weight is 358 g/mol. The summed E-state index contributed by atoms with van der Waals surface area (Å²) in [6.07, 6.45) is -0.633. The molecule has 0 saturated carbocycles. The maximum absolute atomic E-state index is 11.6. The van der Waals surface area contributed by atoms with Crippen LogP contribution in [0.4, 0.5) is 0 Å². The number of fused-ring (bicyclic) bond motifs is 3. The first kappa shape index (κ1) is 16.7. The molecule has 0 radical (unpaired) electrons. The monoisotopic (exact) mass is 358 g/mol. The summed E-state index contributed by atoms with van der Waals surface area (Å²) in [7, 11) is 0. The third-order valence-electron chi connectivity index (χ3n) is 4.73. The standard InChI is InChI=1S/C19H18O7/c1-10-7-12(24-18(10)21)8-19(2,22)14-9-23-13-5-3-11-4-6-15(20)26-16(11)17(13)25-14/h3-6,12,14,22H,1,7-9H2,2H3. The van der Waals surface area contributed by atoms with E-state index in [2.05, 4.69) is 6.58 Å². The van der Waals surface area contributed by atoms with Crippen LogP contribution >= 0.6 is 0 Å². The predicted octanol–water partition coefficient (Wildman–Crippen LogP) is 1.95. The van der Waals surface area contributed by atoms with Crippen LogP contribution in [0, 0.1) is 0 Å². The van der Waals surface area contributed by atoms with Crippen LogP contribution in [-0.2, 0) is 9.53 Å². The second kappa shape index (κ2) is 5.88. The van der Waals surface area contributed by atoms with E-state index in [0.29, 0.717) is 23.1 Å². The Kier molecular flexibility index (Phi) is 3.77. The van der Waals surface area contributed by atoms with Gasteiger partial charge in [0.2, 0.25) is 5.75 Å². The topological polar surface area (TPSA) is 95.2 Å². The summed E-state index contributed by atoms with van der Waals surface area (Å²) in [6.45, 7) is 5.36. The Morgan fingerprint density at radius 1 is 1.23 bits per heavy atom. The Morgan fingerprint density at radius 2 is 2.00 bits per heavy atom. The fourth-order valence-corrected chi connectivity index (χ4v) is 3.30. The van der Waals surface area contributed by atoms with Crippen LogP contribution in [0.15, 0.2) is 45.6 Å². The summed E-state index contributed by atoms with van der Waals surface area (Å²) in [6, 6.07) is 6.46. The van der Waals surface area contributed by atoms with E-state index in [0.717, 1.165) is 0 Å². The molecule has 26 heavy (non-hydrogen) atoms. The molecular formula is C19H18O7. The molecule has 3 unspecified atom stereocenters. The number of carbonyl (C=O) groups excluding carboxylic acids is 1. The van der Waals surface area contributed by atoms with Crippen LogP contribution in [0.5, 0.6) is 11.5 Å². The van der Waals surface area contributed by atoms with Gasteiger partial charge in [0.05, 0.1) is 0 Å². The van der Waals surface area contributed by atoms with Crippen LogP contribution in [0.1, 0.15) is 19.8 Å². The van der Waals surface area contributed by atoms with Gasteiger partial charge in [0.15, 0.2) is 17.4 Å². The molecule has 2 aromatic rings. The molecule has 1 aromatic heterocycles. The van der Waals surface area contributed by atoms with Gasteiger partial charge in [-0.05, 0) is 25.1 Å². The first-order chi connectivity index (χ1) is 12.3. The van der Waals surface area contributed by atoms with Crippen LogP contribution in [0.3, 0.4) is 0 Å². The van der Waals surface area contributed by atoms with Crippen LogP contribution in [0.25, 0.3) is 11.0 Å². The minimum atomic E-state index is -1.33. The first-order valence-electron chi connectivity index (χ1n) is 8.31. The van der Waals surface area contributed by atoms with Gasteiger partial charge < -0.3 is 23.7 Å². The summed E-state index contributed by atoms with van der Waals surface area (Å²) >= 11 is 0. The van der Waals surface area contributed by atoms with Gasteiger partial charge in [-0.2, -0.15) is 0 Å². The Labute approximate surface area is 148 Å². The van der Waals surface area contributed by atoms with Crippen LogP contribution in [0.2, 0.25) is 0 Å². The van der Waals surface area contributed by atoms with Crippen molar-refractivity contribution in [3.05, 3.63) is 46.8 Å². The quantitative estimate of drug-likeness (QED) is 0.509. The van der Waals surface area contributed by atoms with E-state index < -0.39 is 29.4 Å². The van der Waals surface area contributed by atoms with Crippen molar-refractivity contribution >= 4 is 16.9 Å². The van der Waals surface area contributed by atoms with Crippen molar-refractivity contribution in [2.75, 3.05) is 6.61 Å². The fraction of sp³-hybridized carbons (Fsp3) is 0.368. The van der Waals surface area contributed by atoms with Gasteiger partial charge in [0, 0.05) is 29.9 Å². The van der Waals surface area contributed by atoms with E-state index in [-0.39, 0.29) is 24.4 Å². The van der Waals surface area contributed by atoms with Crippen molar-refractivity contribution in [3.63, 3.8) is 0 Å². The second-order valence-corrected chi connectivity index (χ2v) is 6.88. The summed E-state index contributed by atoms with van der Waals surface area (Å²) in [4.78, 5) is 23.1. The number of hydrogen-bond donors (Lipinski definition) is 1. The fourth-order valence-electron chi connectivity index (χ4n) is 3.30. The lowest BCUT2D eigenvalue weighted by molar-refractivity contribution is -0.144. The minimum absolute atomic E-state index is 0.115. The number of carbonyl (C=O) groups is 1. The number of benzene rings is 1. The lowest BCUT2D eigenvalue weighted by Crippen LogP contribution is -2.50. The third-order valence-corrected chi connectivity index (χ3v) is 4.73. The molecule has 0 spiro atoms. The maximum atomic E-state index is 11.6. The zero-order valence-electron chi connectivity index (χ0n) is 14.2. The summed E-state index contributed by atoms with van der Waals surface area (Å²) in [5.74, 6) is 0.286. The van der Waals surface area contributed by atoms with Gasteiger partial charge in [-0.1, -0.05) is 6.58 Å². The van der Waals surface area contributed by atoms with Crippen molar-refractivity contribution in [2.45, 2.75) is 37.6 Å². The van der Waals surface area contributed by atoms with Gasteiger partial charge >= 0.3 is 11.6 Å². The molecule has 0 amide bonds. The van der Waals surface area contributed by atoms with E-state index in [1.165, 1.54) is 6.07 Å². The molecule has 1 saturated heterocycles. The third kappa shape index (κ3) is 2.84. The van der Waals surface area contributed by atoms with E-state index in [1.54, 1.807) is 25.1 Å². The number of hydrogen-bond acceptors (Lipinski definition) is 7. The minimum Gasteiger partial charge on any atom is -0.486 e. The predicted molar refractivity (Wildman–Crippen MR) is 91.3 cm³/mol. The van der Waals surface area contributed by atoms with Crippen molar-refractivity contribution in [2.24, 2.45) is 0 Å². The average Bonchev–Trinajstić information content (AvgIpc) is 2.91. The largest absolute Gasteiger partial charge is 0.486 e. The normalized spacial score (nSPS) is 24.4. The number of ether oxygens (including phenoxy) is 3. The Hall–Kier alpha value is -2.80. The molecule has 7 heteroatoms. The van der Waals surface area contributed by atoms with Crippen LogP contribution < -0.4 is 15.1 Å². The zero-order valence-corrected chi connectivity index (χ0v) is 14.2. The van der Waals surface area contributed by atoms with Gasteiger partial charge in [-0.25, -0.2) is 9.59 Å². The molecule has 2 aliphatic heterocycles. The first-order valence-corrected chi connectivity index (χ1v) is 8.31. The van der Waals surface area contributed by atoms with E-state index in [4.69, 9.17) is 18.6 Å². The van der Waals surface area contributed by atoms with Gasteiger partial charge in [0.1, 0.15) is 18.3 Å². The molecule has 0 aliphatic carbocycles.